The van der Waals surface area contributed by atoms with Crippen LogP contribution in [0.3, 0.4) is 0 Å². The molecule has 7 nitrogen and oxygen atoms in total. The van der Waals surface area contributed by atoms with Crippen molar-refractivity contribution >= 4 is 38.4 Å². The lowest BCUT2D eigenvalue weighted by molar-refractivity contribution is -0.140. The fraction of sp³-hybridized carbons (Fsp3) is 0.292. The first-order valence-electron chi connectivity index (χ1n) is 10.6. The fourth-order valence-electron chi connectivity index (χ4n) is 3.82. The Labute approximate surface area is 190 Å². The van der Waals surface area contributed by atoms with Crippen molar-refractivity contribution in [3.63, 3.8) is 0 Å². The maximum atomic E-state index is 13.0. The van der Waals surface area contributed by atoms with Gasteiger partial charge < -0.3 is 10.2 Å². The lowest BCUT2D eigenvalue weighted by atomic mass is 9.93. The van der Waals surface area contributed by atoms with E-state index in [1.807, 2.05) is 56.0 Å². The van der Waals surface area contributed by atoms with Crippen LogP contribution < -0.4 is 5.32 Å². The zero-order valence-electron chi connectivity index (χ0n) is 18.3. The molecule has 0 saturated heterocycles. The van der Waals surface area contributed by atoms with Crippen molar-refractivity contribution in [2.75, 3.05) is 11.9 Å². The van der Waals surface area contributed by atoms with E-state index in [2.05, 4.69) is 16.4 Å². The highest BCUT2D eigenvalue weighted by Gasteiger charge is 2.32. The van der Waals surface area contributed by atoms with E-state index in [0.717, 1.165) is 32.2 Å². The highest BCUT2D eigenvalue weighted by atomic mass is 32.1. The molecule has 0 bridgehead atoms. The lowest BCUT2D eigenvalue weighted by Crippen LogP contribution is -2.42. The number of pyridine rings is 1. The van der Waals surface area contributed by atoms with Gasteiger partial charge in [-0.1, -0.05) is 44.2 Å². The Kier molecular flexibility index (Phi) is 5.09. The number of nitrogens with one attached hydrogen (secondary N) is 1. The van der Waals surface area contributed by atoms with Gasteiger partial charge >= 0.3 is 0 Å². The third kappa shape index (κ3) is 3.93. The zero-order valence-corrected chi connectivity index (χ0v) is 19.1. The number of nitrogens with zero attached hydrogens (tertiary/aromatic N) is 5. The number of hydrogen-bond donors (Lipinski definition) is 1. The fourth-order valence-corrected chi connectivity index (χ4v) is 4.69. The maximum Gasteiger partial charge on any atom is 0.228 e. The Morgan fingerprint density at radius 2 is 1.84 bits per heavy atom. The Bertz CT molecular complexity index is 1260. The quantitative estimate of drug-likeness (QED) is 0.488. The number of benzene rings is 1. The van der Waals surface area contributed by atoms with Crippen LogP contribution in [0, 0.1) is 5.41 Å². The van der Waals surface area contributed by atoms with E-state index in [1.54, 1.807) is 23.7 Å². The monoisotopic (exact) mass is 444 g/mol. The molecule has 0 radical (unpaired) electrons. The van der Waals surface area contributed by atoms with Crippen LogP contribution in [-0.2, 0) is 17.8 Å². The van der Waals surface area contributed by atoms with Gasteiger partial charge in [-0.3, -0.25) is 9.78 Å². The number of anilines is 2. The van der Waals surface area contributed by atoms with Gasteiger partial charge in [-0.05, 0) is 24.3 Å². The number of rotatable bonds is 3. The lowest BCUT2D eigenvalue weighted by Gasteiger charge is -2.34. The third-order valence-corrected chi connectivity index (χ3v) is 6.40. The highest BCUT2D eigenvalue weighted by Crippen LogP contribution is 2.33. The second-order valence-electron chi connectivity index (χ2n) is 8.90. The minimum atomic E-state index is -0.435. The standard InChI is InChI=1S/C24H24N6OS/c1-24(2,3)22(31)30-13-10-17-16(14-30)21(28-20(26-17)15-8-11-25-12-9-15)29-23-27-18-6-4-5-7-19(18)32-23/h4-9,11-12H,10,13-14H2,1-3H3,(H,26,27,28,29). The summed E-state index contributed by atoms with van der Waals surface area (Å²) in [5.74, 6) is 1.48. The van der Waals surface area contributed by atoms with Crippen LogP contribution in [0.15, 0.2) is 48.8 Å². The summed E-state index contributed by atoms with van der Waals surface area (Å²) in [4.78, 5) is 33.4. The summed E-state index contributed by atoms with van der Waals surface area (Å²) in [6.07, 6.45) is 4.16. The van der Waals surface area contributed by atoms with Crippen LogP contribution in [0.5, 0.6) is 0 Å². The molecule has 162 valence electrons. The molecule has 1 aromatic carbocycles. The van der Waals surface area contributed by atoms with Crippen molar-refractivity contribution in [2.24, 2.45) is 5.41 Å². The Hall–Kier alpha value is -3.39. The van der Waals surface area contributed by atoms with E-state index in [-0.39, 0.29) is 5.91 Å². The van der Waals surface area contributed by atoms with Gasteiger partial charge in [0.2, 0.25) is 5.91 Å². The Morgan fingerprint density at radius 3 is 2.59 bits per heavy atom. The topological polar surface area (TPSA) is 83.9 Å². The molecule has 3 aromatic heterocycles. The van der Waals surface area contributed by atoms with Crippen molar-refractivity contribution in [1.82, 2.24) is 24.8 Å². The molecule has 8 heteroatoms. The van der Waals surface area contributed by atoms with Crippen LogP contribution in [0.4, 0.5) is 10.9 Å². The number of carbonyl (C=O) groups is 1. The summed E-state index contributed by atoms with van der Waals surface area (Å²) in [7, 11) is 0. The van der Waals surface area contributed by atoms with E-state index < -0.39 is 5.41 Å². The number of hydrogen-bond acceptors (Lipinski definition) is 7. The van der Waals surface area contributed by atoms with Gasteiger partial charge in [0.1, 0.15) is 5.82 Å². The molecular formula is C24H24N6OS. The number of aromatic nitrogens is 4. The molecule has 4 heterocycles. The van der Waals surface area contributed by atoms with Crippen LogP contribution in [0.25, 0.3) is 21.6 Å². The number of fused-ring (bicyclic) bond motifs is 2. The number of carbonyl (C=O) groups excluding carboxylic acids is 1. The molecule has 0 atom stereocenters. The summed E-state index contributed by atoms with van der Waals surface area (Å²) < 4.78 is 1.11. The normalized spacial score (nSPS) is 13.8. The van der Waals surface area contributed by atoms with Gasteiger partial charge in [-0.2, -0.15) is 0 Å². The average molecular weight is 445 g/mol. The molecule has 0 saturated carbocycles. The Balaban J connectivity index is 1.57. The summed E-state index contributed by atoms with van der Waals surface area (Å²) in [5.41, 5.74) is 3.33. The Morgan fingerprint density at radius 1 is 1.06 bits per heavy atom. The molecule has 1 aliphatic rings. The molecule has 0 spiro atoms. The third-order valence-electron chi connectivity index (χ3n) is 5.45. The van der Waals surface area contributed by atoms with Crippen LogP contribution in [0.2, 0.25) is 0 Å². The van der Waals surface area contributed by atoms with E-state index in [1.165, 1.54) is 0 Å². The molecule has 1 aliphatic heterocycles. The van der Waals surface area contributed by atoms with E-state index in [0.29, 0.717) is 31.2 Å². The molecule has 32 heavy (non-hydrogen) atoms. The number of amides is 1. The molecule has 0 unspecified atom stereocenters. The molecule has 0 aliphatic carbocycles. The minimum absolute atomic E-state index is 0.132. The van der Waals surface area contributed by atoms with Gasteiger partial charge in [0.25, 0.3) is 0 Å². The van der Waals surface area contributed by atoms with Gasteiger partial charge in [-0.25, -0.2) is 15.0 Å². The first-order chi connectivity index (χ1) is 15.4. The largest absolute Gasteiger partial charge is 0.337 e. The minimum Gasteiger partial charge on any atom is -0.337 e. The van der Waals surface area contributed by atoms with Gasteiger partial charge in [0.05, 0.1) is 22.5 Å². The second-order valence-corrected chi connectivity index (χ2v) is 9.93. The number of thiazole rings is 1. The SMILES string of the molecule is CC(C)(C)C(=O)N1CCc2nc(-c3ccncc3)nc(Nc3nc4ccccc4s3)c2C1. The van der Waals surface area contributed by atoms with E-state index in [4.69, 9.17) is 15.0 Å². The molecule has 4 aromatic rings. The molecular weight excluding hydrogens is 420 g/mol. The van der Waals surface area contributed by atoms with Gasteiger partial charge in [0, 0.05) is 41.9 Å². The van der Waals surface area contributed by atoms with Crippen LogP contribution in [-0.4, -0.2) is 37.3 Å². The predicted octanol–water partition coefficient (Wildman–Crippen LogP) is 4.82. The maximum absolute atomic E-state index is 13.0. The summed E-state index contributed by atoms with van der Waals surface area (Å²) in [6, 6.07) is 11.9. The first-order valence-corrected chi connectivity index (χ1v) is 11.4. The summed E-state index contributed by atoms with van der Waals surface area (Å²) >= 11 is 1.58. The highest BCUT2D eigenvalue weighted by molar-refractivity contribution is 7.22. The van der Waals surface area contributed by atoms with Crippen molar-refractivity contribution in [3.8, 4) is 11.4 Å². The molecule has 0 fully saturated rings. The van der Waals surface area contributed by atoms with Gasteiger partial charge in [-0.15, -0.1) is 0 Å². The van der Waals surface area contributed by atoms with Crippen molar-refractivity contribution in [1.29, 1.82) is 0 Å². The molecule has 1 N–H and O–H groups in total. The predicted molar refractivity (Wildman–Crippen MR) is 127 cm³/mol. The summed E-state index contributed by atoms with van der Waals surface area (Å²) in [5, 5.41) is 4.20. The van der Waals surface area contributed by atoms with Gasteiger partial charge in [0.15, 0.2) is 11.0 Å². The average Bonchev–Trinajstić information content (AvgIpc) is 3.20. The van der Waals surface area contributed by atoms with Crippen molar-refractivity contribution in [2.45, 2.75) is 33.7 Å². The first kappa shape index (κ1) is 20.5. The van der Waals surface area contributed by atoms with Crippen LogP contribution in [0.1, 0.15) is 32.0 Å². The second kappa shape index (κ2) is 7.94. The summed E-state index contributed by atoms with van der Waals surface area (Å²) in [6.45, 7) is 6.99. The molecule has 1 amide bonds. The zero-order chi connectivity index (χ0) is 22.3. The van der Waals surface area contributed by atoms with Crippen molar-refractivity contribution in [3.05, 3.63) is 60.0 Å². The smallest absolute Gasteiger partial charge is 0.228 e. The van der Waals surface area contributed by atoms with Crippen LogP contribution >= 0.6 is 11.3 Å². The number of para-hydroxylation sites is 1. The van der Waals surface area contributed by atoms with E-state index >= 15 is 0 Å². The van der Waals surface area contributed by atoms with Crippen molar-refractivity contribution < 1.29 is 4.79 Å². The van der Waals surface area contributed by atoms with E-state index in [9.17, 15) is 4.79 Å². The molecule has 5 rings (SSSR count).